The van der Waals surface area contributed by atoms with E-state index in [1.54, 1.807) is 0 Å². The fraction of sp³-hybridized carbons (Fsp3) is 0.867. The van der Waals surface area contributed by atoms with Crippen LogP contribution in [0.25, 0.3) is 0 Å². The minimum Gasteiger partial charge on any atom is -0.353 e. The molecule has 4 heteroatoms. The molecule has 0 atom stereocenters. The van der Waals surface area contributed by atoms with Gasteiger partial charge in [0.25, 0.3) is 0 Å². The summed E-state index contributed by atoms with van der Waals surface area (Å²) >= 11 is 0. The van der Waals surface area contributed by atoms with Crippen molar-refractivity contribution in [3.8, 4) is 6.07 Å². The molecule has 1 aliphatic rings. The summed E-state index contributed by atoms with van der Waals surface area (Å²) in [6.07, 6.45) is 6.06. The van der Waals surface area contributed by atoms with E-state index < -0.39 is 0 Å². The van der Waals surface area contributed by atoms with Crippen molar-refractivity contribution < 1.29 is 4.79 Å². The highest BCUT2D eigenvalue weighted by molar-refractivity contribution is 5.78. The van der Waals surface area contributed by atoms with E-state index in [1.165, 1.54) is 0 Å². The molecule has 0 aromatic heterocycles. The van der Waals surface area contributed by atoms with Gasteiger partial charge in [0.2, 0.25) is 5.91 Å². The molecule has 1 fully saturated rings. The summed E-state index contributed by atoms with van der Waals surface area (Å²) in [5, 5.41) is 11.9. The molecule has 1 aliphatic heterocycles. The molecular formula is C15H27N3O. The second kappa shape index (κ2) is 8.92. The fourth-order valence-corrected chi connectivity index (χ4v) is 2.76. The third-order valence-electron chi connectivity index (χ3n) is 3.87. The van der Waals surface area contributed by atoms with Crippen LogP contribution in [0, 0.1) is 17.2 Å². The summed E-state index contributed by atoms with van der Waals surface area (Å²) < 4.78 is 0. The SMILES string of the molecule is CCCC(CCC)C(=O)NC1CCN(CC#N)CC1. The van der Waals surface area contributed by atoms with Gasteiger partial charge in [-0.2, -0.15) is 5.26 Å². The van der Waals surface area contributed by atoms with Crippen LogP contribution in [0.3, 0.4) is 0 Å². The van der Waals surface area contributed by atoms with Gasteiger partial charge < -0.3 is 5.32 Å². The van der Waals surface area contributed by atoms with E-state index in [4.69, 9.17) is 5.26 Å². The molecule has 0 bridgehead atoms. The number of amides is 1. The van der Waals surface area contributed by atoms with E-state index in [0.717, 1.165) is 51.6 Å². The highest BCUT2D eigenvalue weighted by Crippen LogP contribution is 2.16. The van der Waals surface area contributed by atoms with Crippen LogP contribution in [0.5, 0.6) is 0 Å². The zero-order chi connectivity index (χ0) is 14.1. The van der Waals surface area contributed by atoms with Gasteiger partial charge in [-0.3, -0.25) is 9.69 Å². The lowest BCUT2D eigenvalue weighted by Crippen LogP contribution is -2.46. The number of carbonyl (C=O) groups excluding carboxylic acids is 1. The van der Waals surface area contributed by atoms with E-state index in [-0.39, 0.29) is 11.8 Å². The molecule has 0 aromatic rings. The van der Waals surface area contributed by atoms with Gasteiger partial charge in [0.15, 0.2) is 0 Å². The van der Waals surface area contributed by atoms with Crippen molar-refractivity contribution in [3.63, 3.8) is 0 Å². The van der Waals surface area contributed by atoms with E-state index >= 15 is 0 Å². The molecule has 1 rings (SSSR count). The Morgan fingerprint density at radius 2 is 1.89 bits per heavy atom. The molecule has 0 saturated carbocycles. The normalized spacial score (nSPS) is 17.4. The third-order valence-corrected chi connectivity index (χ3v) is 3.87. The number of hydrogen-bond acceptors (Lipinski definition) is 3. The Balaban J connectivity index is 2.34. The Labute approximate surface area is 117 Å². The molecule has 1 amide bonds. The Kier molecular flexibility index (Phi) is 7.50. The lowest BCUT2D eigenvalue weighted by atomic mass is 9.96. The van der Waals surface area contributed by atoms with Gasteiger partial charge in [0, 0.05) is 25.0 Å². The van der Waals surface area contributed by atoms with Crippen molar-refractivity contribution >= 4 is 5.91 Å². The average Bonchev–Trinajstić information content (AvgIpc) is 2.41. The van der Waals surface area contributed by atoms with Crippen molar-refractivity contribution in [2.45, 2.75) is 58.4 Å². The minimum atomic E-state index is 0.187. The molecule has 1 N–H and O–H groups in total. The van der Waals surface area contributed by atoms with Crippen LogP contribution in [-0.4, -0.2) is 36.5 Å². The molecule has 19 heavy (non-hydrogen) atoms. The van der Waals surface area contributed by atoms with Gasteiger partial charge in [0.1, 0.15) is 0 Å². The molecule has 0 unspecified atom stereocenters. The summed E-state index contributed by atoms with van der Waals surface area (Å²) in [5.74, 6) is 0.426. The highest BCUT2D eigenvalue weighted by atomic mass is 16.1. The number of nitrogens with zero attached hydrogens (tertiary/aromatic N) is 2. The van der Waals surface area contributed by atoms with Crippen LogP contribution in [0.15, 0.2) is 0 Å². The summed E-state index contributed by atoms with van der Waals surface area (Å²) in [4.78, 5) is 14.4. The predicted octanol–water partition coefficient (Wildman–Crippen LogP) is 2.31. The Morgan fingerprint density at radius 1 is 1.32 bits per heavy atom. The first-order valence-corrected chi connectivity index (χ1v) is 7.60. The molecule has 108 valence electrons. The second-order valence-corrected chi connectivity index (χ2v) is 5.49. The maximum Gasteiger partial charge on any atom is 0.223 e. The fourth-order valence-electron chi connectivity index (χ4n) is 2.76. The Bertz CT molecular complexity index is 297. The number of likely N-dealkylation sites (tertiary alicyclic amines) is 1. The van der Waals surface area contributed by atoms with E-state index in [2.05, 4.69) is 30.1 Å². The summed E-state index contributed by atoms with van der Waals surface area (Å²) in [7, 11) is 0. The first-order valence-electron chi connectivity index (χ1n) is 7.60. The highest BCUT2D eigenvalue weighted by Gasteiger charge is 2.23. The standard InChI is InChI=1S/C15H27N3O/c1-3-5-13(6-4-2)15(19)17-14-7-10-18(11-8-14)12-9-16/h13-14H,3-8,10-12H2,1-2H3,(H,17,19). The number of rotatable bonds is 7. The zero-order valence-electron chi connectivity index (χ0n) is 12.3. The van der Waals surface area contributed by atoms with Gasteiger partial charge >= 0.3 is 0 Å². The molecule has 1 heterocycles. The molecule has 0 radical (unpaired) electrons. The summed E-state index contributed by atoms with van der Waals surface area (Å²) in [6, 6.07) is 2.49. The van der Waals surface area contributed by atoms with Crippen molar-refractivity contribution in [1.82, 2.24) is 10.2 Å². The van der Waals surface area contributed by atoms with Crippen molar-refractivity contribution in [3.05, 3.63) is 0 Å². The van der Waals surface area contributed by atoms with Crippen molar-refractivity contribution in [2.75, 3.05) is 19.6 Å². The Morgan fingerprint density at radius 3 is 2.37 bits per heavy atom. The maximum atomic E-state index is 12.2. The van der Waals surface area contributed by atoms with Gasteiger partial charge in [0.05, 0.1) is 12.6 Å². The van der Waals surface area contributed by atoms with Crippen molar-refractivity contribution in [1.29, 1.82) is 5.26 Å². The third kappa shape index (κ3) is 5.61. The summed E-state index contributed by atoms with van der Waals surface area (Å²) in [6.45, 7) is 6.62. The van der Waals surface area contributed by atoms with Crippen LogP contribution < -0.4 is 5.32 Å². The number of nitriles is 1. The van der Waals surface area contributed by atoms with Gasteiger partial charge in [-0.05, 0) is 25.7 Å². The first-order chi connectivity index (χ1) is 9.21. The molecule has 0 aromatic carbocycles. The quantitative estimate of drug-likeness (QED) is 0.719. The number of hydrogen-bond donors (Lipinski definition) is 1. The minimum absolute atomic E-state index is 0.187. The molecule has 0 aliphatic carbocycles. The van der Waals surface area contributed by atoms with Crippen molar-refractivity contribution in [2.24, 2.45) is 5.92 Å². The van der Waals surface area contributed by atoms with E-state index in [0.29, 0.717) is 12.6 Å². The number of piperidine rings is 1. The van der Waals surface area contributed by atoms with Crippen LogP contribution in [0.4, 0.5) is 0 Å². The van der Waals surface area contributed by atoms with E-state index in [1.807, 2.05) is 0 Å². The molecule has 0 spiro atoms. The molecule has 1 saturated heterocycles. The lowest BCUT2D eigenvalue weighted by Gasteiger charge is -2.31. The topological polar surface area (TPSA) is 56.1 Å². The van der Waals surface area contributed by atoms with Gasteiger partial charge in [-0.25, -0.2) is 0 Å². The number of carbonyl (C=O) groups is 1. The lowest BCUT2D eigenvalue weighted by molar-refractivity contribution is -0.126. The van der Waals surface area contributed by atoms with Crippen LogP contribution >= 0.6 is 0 Å². The zero-order valence-corrected chi connectivity index (χ0v) is 12.3. The number of nitrogens with one attached hydrogen (secondary N) is 1. The monoisotopic (exact) mass is 265 g/mol. The van der Waals surface area contributed by atoms with Crippen LogP contribution in [0.2, 0.25) is 0 Å². The summed E-state index contributed by atoms with van der Waals surface area (Å²) in [5.41, 5.74) is 0. The van der Waals surface area contributed by atoms with Crippen LogP contribution in [0.1, 0.15) is 52.4 Å². The second-order valence-electron chi connectivity index (χ2n) is 5.49. The first kappa shape index (κ1) is 16.0. The molecular weight excluding hydrogens is 238 g/mol. The average molecular weight is 265 g/mol. The van der Waals surface area contributed by atoms with Crippen LogP contribution in [-0.2, 0) is 4.79 Å². The van der Waals surface area contributed by atoms with E-state index in [9.17, 15) is 4.79 Å². The van der Waals surface area contributed by atoms with Gasteiger partial charge in [-0.1, -0.05) is 26.7 Å². The molecule has 4 nitrogen and oxygen atoms in total. The smallest absolute Gasteiger partial charge is 0.223 e. The van der Waals surface area contributed by atoms with Gasteiger partial charge in [-0.15, -0.1) is 0 Å². The Hall–Kier alpha value is -1.08. The maximum absolute atomic E-state index is 12.2. The predicted molar refractivity (Wildman–Crippen MR) is 76.5 cm³/mol. The largest absolute Gasteiger partial charge is 0.353 e.